The molecule has 0 aliphatic rings. The molecule has 1 aromatic rings. The topological polar surface area (TPSA) is 44.5 Å². The predicted molar refractivity (Wildman–Crippen MR) is 46.6 cm³/mol. The van der Waals surface area contributed by atoms with Gasteiger partial charge < -0.3 is 9.57 Å². The normalized spacial score (nSPS) is 12.6. The van der Waals surface area contributed by atoms with E-state index < -0.39 is 11.6 Å². The van der Waals surface area contributed by atoms with E-state index in [0.717, 1.165) is 12.1 Å². The molecule has 1 rings (SSSR count). The maximum absolute atomic E-state index is 13.0. The largest absolute Gasteiger partial charge is 0.485 e. The first-order chi connectivity index (χ1) is 6.63. The molecule has 0 bridgehead atoms. The van der Waals surface area contributed by atoms with Gasteiger partial charge in [0.15, 0.2) is 11.6 Å². The average Bonchev–Trinajstić information content (AvgIpc) is 2.10. The van der Waals surface area contributed by atoms with Gasteiger partial charge in [-0.25, -0.2) is 14.7 Å². The molecule has 0 heterocycles. The fourth-order valence-corrected chi connectivity index (χ4v) is 0.957. The van der Waals surface area contributed by atoms with E-state index in [0.29, 0.717) is 0 Å². The number of hydrogen-bond donors (Lipinski definition) is 1. The second-order valence-electron chi connectivity index (χ2n) is 2.84. The smallest absolute Gasteiger partial charge is 0.167 e. The minimum absolute atomic E-state index is 0.0176. The molecule has 78 valence electrons. The molecule has 2 N–H and O–H groups in total. The number of rotatable bonds is 4. The zero-order valence-corrected chi connectivity index (χ0v) is 7.67. The van der Waals surface area contributed by atoms with Gasteiger partial charge in [0.05, 0.1) is 0 Å². The minimum Gasteiger partial charge on any atom is -0.485 e. The van der Waals surface area contributed by atoms with Crippen LogP contribution in [-0.4, -0.2) is 12.7 Å². The van der Waals surface area contributed by atoms with E-state index in [1.165, 1.54) is 6.07 Å². The molecule has 1 aromatic carbocycles. The quantitative estimate of drug-likeness (QED) is 0.756. The number of halogens is 2. The van der Waals surface area contributed by atoms with Crippen LogP contribution in [0.4, 0.5) is 8.78 Å². The number of hydrogen-bond acceptors (Lipinski definition) is 3. The van der Waals surface area contributed by atoms with Crippen LogP contribution in [0.5, 0.6) is 5.75 Å². The Morgan fingerprint density at radius 3 is 2.71 bits per heavy atom. The summed E-state index contributed by atoms with van der Waals surface area (Å²) in [7, 11) is 0. The fourth-order valence-electron chi connectivity index (χ4n) is 0.957. The summed E-state index contributed by atoms with van der Waals surface area (Å²) in [5.74, 6) is 3.41. The van der Waals surface area contributed by atoms with Gasteiger partial charge in [-0.05, 0) is 19.1 Å². The molecule has 0 aliphatic heterocycles. The van der Waals surface area contributed by atoms with Gasteiger partial charge in [-0.2, -0.15) is 0 Å². The van der Waals surface area contributed by atoms with Crippen LogP contribution in [0, 0.1) is 11.6 Å². The molecule has 0 aromatic heterocycles. The van der Waals surface area contributed by atoms with Crippen molar-refractivity contribution in [2.24, 2.45) is 5.90 Å². The Hall–Kier alpha value is -1.20. The first-order valence-electron chi connectivity index (χ1n) is 4.07. The molecule has 0 radical (unpaired) electrons. The Bertz CT molecular complexity index is 307. The van der Waals surface area contributed by atoms with Crippen molar-refractivity contribution in [2.45, 2.75) is 13.0 Å². The third-order valence-electron chi connectivity index (χ3n) is 1.55. The highest BCUT2D eigenvalue weighted by Gasteiger charge is 2.08. The van der Waals surface area contributed by atoms with Gasteiger partial charge in [-0.15, -0.1) is 0 Å². The van der Waals surface area contributed by atoms with Gasteiger partial charge in [-0.1, -0.05) is 0 Å². The first kappa shape index (κ1) is 10.9. The van der Waals surface area contributed by atoms with Crippen LogP contribution in [0.3, 0.4) is 0 Å². The van der Waals surface area contributed by atoms with Crippen LogP contribution < -0.4 is 10.6 Å². The lowest BCUT2D eigenvalue weighted by atomic mass is 10.3. The van der Waals surface area contributed by atoms with E-state index in [4.69, 9.17) is 10.6 Å². The van der Waals surface area contributed by atoms with Gasteiger partial charge in [0.1, 0.15) is 18.5 Å². The maximum atomic E-state index is 13.0. The molecule has 0 spiro atoms. The summed E-state index contributed by atoms with van der Waals surface area (Å²) in [5, 5.41) is 0. The van der Waals surface area contributed by atoms with E-state index >= 15 is 0 Å². The van der Waals surface area contributed by atoms with Gasteiger partial charge >= 0.3 is 0 Å². The molecule has 5 heteroatoms. The Morgan fingerprint density at radius 2 is 2.14 bits per heavy atom. The monoisotopic (exact) mass is 203 g/mol. The van der Waals surface area contributed by atoms with E-state index in [1.54, 1.807) is 6.92 Å². The lowest BCUT2D eigenvalue weighted by Crippen LogP contribution is -2.21. The first-order valence-corrected chi connectivity index (χ1v) is 4.07. The second kappa shape index (κ2) is 4.88. The molecule has 0 fully saturated rings. The van der Waals surface area contributed by atoms with Crippen molar-refractivity contribution in [2.75, 3.05) is 6.61 Å². The summed E-state index contributed by atoms with van der Waals surface area (Å²) in [6.07, 6.45) is -0.389. The van der Waals surface area contributed by atoms with Crippen LogP contribution in [0.1, 0.15) is 6.92 Å². The summed E-state index contributed by atoms with van der Waals surface area (Å²) >= 11 is 0. The molecule has 1 unspecified atom stereocenters. The Labute approximate surface area is 80.4 Å². The van der Waals surface area contributed by atoms with E-state index in [-0.39, 0.29) is 18.5 Å². The molecule has 0 saturated carbocycles. The number of benzene rings is 1. The highest BCUT2D eigenvalue weighted by atomic mass is 19.1. The van der Waals surface area contributed by atoms with Gasteiger partial charge in [-0.3, -0.25) is 0 Å². The Balaban J connectivity index is 2.67. The minimum atomic E-state index is -0.742. The van der Waals surface area contributed by atoms with Crippen molar-refractivity contribution in [3.63, 3.8) is 0 Å². The molecular weight excluding hydrogens is 192 g/mol. The summed E-state index contributed by atoms with van der Waals surface area (Å²) in [4.78, 5) is 4.32. The summed E-state index contributed by atoms with van der Waals surface area (Å²) < 4.78 is 30.6. The number of nitrogens with two attached hydrogens (primary N) is 1. The SMILES string of the molecule is CC(CON)Oc1ccc(F)cc1F. The van der Waals surface area contributed by atoms with Crippen LogP contribution in [0.15, 0.2) is 18.2 Å². The van der Waals surface area contributed by atoms with Gasteiger partial charge in [0, 0.05) is 6.07 Å². The zero-order valence-electron chi connectivity index (χ0n) is 7.67. The second-order valence-corrected chi connectivity index (χ2v) is 2.84. The number of ether oxygens (including phenoxy) is 1. The van der Waals surface area contributed by atoms with Crippen molar-refractivity contribution >= 4 is 0 Å². The van der Waals surface area contributed by atoms with E-state index in [2.05, 4.69) is 4.84 Å². The molecule has 0 amide bonds. The van der Waals surface area contributed by atoms with Crippen LogP contribution in [0.2, 0.25) is 0 Å². The highest BCUT2D eigenvalue weighted by Crippen LogP contribution is 2.18. The molecular formula is C9H11F2NO2. The Kier molecular flexibility index (Phi) is 3.79. The molecule has 0 saturated heterocycles. The van der Waals surface area contributed by atoms with Crippen molar-refractivity contribution < 1.29 is 18.4 Å². The average molecular weight is 203 g/mol. The third kappa shape index (κ3) is 2.93. The van der Waals surface area contributed by atoms with Crippen molar-refractivity contribution in [1.82, 2.24) is 0 Å². The predicted octanol–water partition coefficient (Wildman–Crippen LogP) is 1.62. The van der Waals surface area contributed by atoms with Crippen molar-refractivity contribution in [3.05, 3.63) is 29.8 Å². The maximum Gasteiger partial charge on any atom is 0.167 e. The van der Waals surface area contributed by atoms with Gasteiger partial charge in [0.2, 0.25) is 0 Å². The summed E-state index contributed by atoms with van der Waals surface area (Å²) in [5.41, 5.74) is 0. The van der Waals surface area contributed by atoms with E-state index in [9.17, 15) is 8.78 Å². The van der Waals surface area contributed by atoms with Crippen LogP contribution >= 0.6 is 0 Å². The summed E-state index contributed by atoms with van der Waals surface area (Å²) in [6, 6.07) is 3.09. The zero-order chi connectivity index (χ0) is 10.6. The highest BCUT2D eigenvalue weighted by molar-refractivity contribution is 5.24. The van der Waals surface area contributed by atoms with Crippen molar-refractivity contribution in [3.8, 4) is 5.75 Å². The van der Waals surface area contributed by atoms with Gasteiger partial charge in [0.25, 0.3) is 0 Å². The van der Waals surface area contributed by atoms with Crippen LogP contribution in [0.25, 0.3) is 0 Å². The van der Waals surface area contributed by atoms with E-state index in [1.807, 2.05) is 0 Å². The molecule has 0 aliphatic carbocycles. The lowest BCUT2D eigenvalue weighted by Gasteiger charge is -2.13. The Morgan fingerprint density at radius 1 is 1.43 bits per heavy atom. The van der Waals surface area contributed by atoms with Crippen LogP contribution in [-0.2, 0) is 4.84 Å². The molecule has 3 nitrogen and oxygen atoms in total. The lowest BCUT2D eigenvalue weighted by molar-refractivity contribution is 0.0569. The fraction of sp³-hybridized carbons (Fsp3) is 0.333. The molecule has 14 heavy (non-hydrogen) atoms. The summed E-state index contributed by atoms with van der Waals surface area (Å²) in [6.45, 7) is 1.80. The standard InChI is InChI=1S/C9H11F2NO2/c1-6(5-13-12)14-9-3-2-7(10)4-8(9)11/h2-4,6H,5,12H2,1H3. The van der Waals surface area contributed by atoms with Crippen molar-refractivity contribution in [1.29, 1.82) is 0 Å². The third-order valence-corrected chi connectivity index (χ3v) is 1.55. The molecule has 1 atom stereocenters.